The van der Waals surface area contributed by atoms with Crippen molar-refractivity contribution in [2.45, 2.75) is 63.8 Å². The van der Waals surface area contributed by atoms with Gasteiger partial charge in [-0.1, -0.05) is 30.9 Å². The third-order valence-corrected chi connectivity index (χ3v) is 5.31. The Balaban J connectivity index is 1.71. The van der Waals surface area contributed by atoms with Gasteiger partial charge in [-0.2, -0.15) is 0 Å². The molecule has 2 aliphatic carbocycles. The van der Waals surface area contributed by atoms with Crippen molar-refractivity contribution in [1.82, 2.24) is 5.32 Å². The summed E-state index contributed by atoms with van der Waals surface area (Å²) in [5.41, 5.74) is 2.00. The second-order valence-electron chi connectivity index (χ2n) is 6.93. The molecule has 1 aromatic rings. The van der Waals surface area contributed by atoms with E-state index in [1.165, 1.54) is 19.3 Å². The molecule has 0 radical (unpaired) electrons. The summed E-state index contributed by atoms with van der Waals surface area (Å²) < 4.78 is 0. The fraction of sp³-hybridized carbons (Fsp3) is 0.500. The molecule has 0 spiro atoms. The molecule has 1 fully saturated rings. The molecule has 5 heteroatoms. The van der Waals surface area contributed by atoms with Gasteiger partial charge >= 0.3 is 0 Å². The summed E-state index contributed by atoms with van der Waals surface area (Å²) in [6.45, 7) is 0. The highest BCUT2D eigenvalue weighted by molar-refractivity contribution is 6.30. The first kappa shape index (κ1) is 18.0. The number of anilines is 1. The predicted molar refractivity (Wildman–Crippen MR) is 101 cm³/mol. The third-order valence-electron chi connectivity index (χ3n) is 5.06. The van der Waals surface area contributed by atoms with Crippen LogP contribution in [-0.4, -0.2) is 17.9 Å². The minimum Gasteiger partial charge on any atom is -0.350 e. The van der Waals surface area contributed by atoms with Crippen molar-refractivity contribution in [3.8, 4) is 0 Å². The van der Waals surface area contributed by atoms with Crippen LogP contribution < -0.4 is 10.6 Å². The van der Waals surface area contributed by atoms with E-state index in [-0.39, 0.29) is 17.9 Å². The van der Waals surface area contributed by atoms with Crippen LogP contribution in [0, 0.1) is 0 Å². The highest BCUT2D eigenvalue weighted by Crippen LogP contribution is 2.27. The molecule has 1 saturated carbocycles. The lowest BCUT2D eigenvalue weighted by Gasteiger charge is -2.25. The number of halogens is 1. The number of hydrogen-bond acceptors (Lipinski definition) is 2. The van der Waals surface area contributed by atoms with E-state index in [0.29, 0.717) is 34.7 Å². The normalized spacial score (nSPS) is 18.8. The second kappa shape index (κ2) is 8.52. The highest BCUT2D eigenvalue weighted by atomic mass is 35.5. The summed E-state index contributed by atoms with van der Waals surface area (Å²) in [7, 11) is 0. The Bertz CT molecular complexity index is 661. The van der Waals surface area contributed by atoms with Crippen molar-refractivity contribution in [1.29, 1.82) is 0 Å². The molecular formula is C20H25ClN2O2. The average Bonchev–Trinajstić information content (AvgIpc) is 2.64. The van der Waals surface area contributed by atoms with Crippen molar-refractivity contribution in [2.75, 3.05) is 5.32 Å². The van der Waals surface area contributed by atoms with E-state index >= 15 is 0 Å². The first-order chi connectivity index (χ1) is 12.1. The van der Waals surface area contributed by atoms with E-state index in [0.717, 1.165) is 25.7 Å². The topological polar surface area (TPSA) is 58.2 Å². The third kappa shape index (κ3) is 4.85. The number of carbonyl (C=O) groups is 2. The van der Waals surface area contributed by atoms with Crippen LogP contribution in [0.2, 0.25) is 5.02 Å². The fourth-order valence-electron chi connectivity index (χ4n) is 3.67. The van der Waals surface area contributed by atoms with Crippen molar-refractivity contribution < 1.29 is 9.59 Å². The molecule has 2 aliphatic rings. The van der Waals surface area contributed by atoms with Gasteiger partial charge in [-0.3, -0.25) is 9.59 Å². The Labute approximate surface area is 154 Å². The quantitative estimate of drug-likeness (QED) is 0.824. The molecule has 3 rings (SSSR count). The van der Waals surface area contributed by atoms with Crippen LogP contribution in [-0.2, 0) is 9.59 Å². The molecule has 4 nitrogen and oxygen atoms in total. The minimum absolute atomic E-state index is 0.0483. The Morgan fingerprint density at radius 2 is 1.44 bits per heavy atom. The molecule has 0 heterocycles. The summed E-state index contributed by atoms with van der Waals surface area (Å²) in [6, 6.07) is 7.28. The molecule has 0 aromatic heterocycles. The van der Waals surface area contributed by atoms with E-state index in [1.54, 1.807) is 24.3 Å². The van der Waals surface area contributed by atoms with Gasteiger partial charge in [0.1, 0.15) is 0 Å². The zero-order chi connectivity index (χ0) is 17.6. The molecule has 0 saturated heterocycles. The van der Waals surface area contributed by atoms with E-state index in [4.69, 9.17) is 11.6 Å². The fourth-order valence-corrected chi connectivity index (χ4v) is 3.79. The van der Waals surface area contributed by atoms with E-state index in [1.807, 2.05) is 0 Å². The smallest absolute Gasteiger partial charge is 0.252 e. The molecule has 134 valence electrons. The Morgan fingerprint density at radius 3 is 2.08 bits per heavy atom. The van der Waals surface area contributed by atoms with Crippen LogP contribution >= 0.6 is 11.6 Å². The largest absolute Gasteiger partial charge is 0.350 e. The Hall–Kier alpha value is -1.81. The number of rotatable bonds is 4. The lowest BCUT2D eigenvalue weighted by Crippen LogP contribution is -2.38. The first-order valence-electron chi connectivity index (χ1n) is 9.23. The van der Waals surface area contributed by atoms with Crippen molar-refractivity contribution in [3.63, 3.8) is 0 Å². The second-order valence-corrected chi connectivity index (χ2v) is 7.37. The maximum Gasteiger partial charge on any atom is 0.252 e. The van der Waals surface area contributed by atoms with E-state index in [9.17, 15) is 9.59 Å². The van der Waals surface area contributed by atoms with Crippen LogP contribution in [0.15, 0.2) is 35.4 Å². The maximum absolute atomic E-state index is 12.7. The van der Waals surface area contributed by atoms with Gasteiger partial charge in [-0.05, 0) is 62.8 Å². The molecular weight excluding hydrogens is 336 g/mol. The summed E-state index contributed by atoms with van der Waals surface area (Å²) in [5.74, 6) is -0.219. The molecule has 25 heavy (non-hydrogen) atoms. The lowest BCUT2D eigenvalue weighted by molar-refractivity contribution is -0.119. The number of carbonyl (C=O) groups excluding carboxylic acids is 2. The SMILES string of the molecule is O=C(Nc1ccc(Cl)cc1)C1=C(C(=O)NC2CCCCC2)CCCC1. The van der Waals surface area contributed by atoms with Gasteiger partial charge in [0, 0.05) is 27.9 Å². The summed E-state index contributed by atoms with van der Waals surface area (Å²) in [5, 5.41) is 6.67. The lowest BCUT2D eigenvalue weighted by atomic mass is 9.89. The van der Waals surface area contributed by atoms with Crippen LogP contribution in [0.3, 0.4) is 0 Å². The van der Waals surface area contributed by atoms with Gasteiger partial charge in [-0.15, -0.1) is 0 Å². The van der Waals surface area contributed by atoms with Gasteiger partial charge in [-0.25, -0.2) is 0 Å². The number of amides is 2. The number of nitrogens with one attached hydrogen (secondary N) is 2. The molecule has 2 N–H and O–H groups in total. The first-order valence-corrected chi connectivity index (χ1v) is 9.61. The van der Waals surface area contributed by atoms with Crippen LogP contribution in [0.25, 0.3) is 0 Å². The van der Waals surface area contributed by atoms with Crippen molar-refractivity contribution >= 4 is 29.1 Å². The van der Waals surface area contributed by atoms with Gasteiger partial charge in [0.25, 0.3) is 5.91 Å². The molecule has 0 atom stereocenters. The van der Waals surface area contributed by atoms with Gasteiger partial charge in [0.15, 0.2) is 0 Å². The van der Waals surface area contributed by atoms with Gasteiger partial charge in [0.05, 0.1) is 0 Å². The molecule has 0 unspecified atom stereocenters. The van der Waals surface area contributed by atoms with Gasteiger partial charge in [0.2, 0.25) is 5.91 Å². The molecule has 1 aromatic carbocycles. The molecule has 2 amide bonds. The minimum atomic E-state index is -0.171. The van der Waals surface area contributed by atoms with Crippen molar-refractivity contribution in [2.24, 2.45) is 0 Å². The number of benzene rings is 1. The number of hydrogen-bond donors (Lipinski definition) is 2. The summed E-state index contributed by atoms with van der Waals surface area (Å²) >= 11 is 5.88. The Kier molecular flexibility index (Phi) is 6.14. The zero-order valence-electron chi connectivity index (χ0n) is 14.4. The molecule has 0 bridgehead atoms. The monoisotopic (exact) mass is 360 g/mol. The summed E-state index contributed by atoms with van der Waals surface area (Å²) in [4.78, 5) is 25.4. The van der Waals surface area contributed by atoms with Crippen LogP contribution in [0.1, 0.15) is 57.8 Å². The standard InChI is InChI=1S/C20H25ClN2O2/c21-14-10-12-16(13-11-14)23-20(25)18-9-5-4-8-17(18)19(24)22-15-6-2-1-3-7-15/h10-13,15H,1-9H2,(H,22,24)(H,23,25). The molecule has 0 aliphatic heterocycles. The van der Waals surface area contributed by atoms with Gasteiger partial charge < -0.3 is 10.6 Å². The summed E-state index contributed by atoms with van der Waals surface area (Å²) in [6.07, 6.45) is 8.95. The maximum atomic E-state index is 12.7. The average molecular weight is 361 g/mol. The van der Waals surface area contributed by atoms with Crippen LogP contribution in [0.5, 0.6) is 0 Å². The van der Waals surface area contributed by atoms with Crippen molar-refractivity contribution in [3.05, 3.63) is 40.4 Å². The predicted octanol–water partition coefficient (Wildman–Crippen LogP) is 4.60. The highest BCUT2D eigenvalue weighted by Gasteiger charge is 2.26. The zero-order valence-corrected chi connectivity index (χ0v) is 15.2. The van der Waals surface area contributed by atoms with E-state index < -0.39 is 0 Å². The van der Waals surface area contributed by atoms with E-state index in [2.05, 4.69) is 10.6 Å². The van der Waals surface area contributed by atoms with Crippen LogP contribution in [0.4, 0.5) is 5.69 Å². The Morgan fingerprint density at radius 1 is 0.840 bits per heavy atom.